The van der Waals surface area contributed by atoms with Crippen molar-refractivity contribution in [2.24, 2.45) is 5.73 Å². The summed E-state index contributed by atoms with van der Waals surface area (Å²) in [6, 6.07) is 0.221. The van der Waals surface area contributed by atoms with E-state index in [2.05, 4.69) is 46.3 Å². The van der Waals surface area contributed by atoms with Crippen molar-refractivity contribution >= 4 is 0 Å². The highest BCUT2D eigenvalue weighted by Crippen LogP contribution is 2.23. The van der Waals surface area contributed by atoms with E-state index in [1.54, 1.807) is 0 Å². The molecule has 2 nitrogen and oxygen atoms in total. The number of nitrogens with two attached hydrogens (primary N) is 1. The molecule has 0 aromatic carbocycles. The first kappa shape index (κ1) is 13.7. The lowest BCUT2D eigenvalue weighted by molar-refractivity contribution is 0.127. The normalized spacial score (nSPS) is 17.9. The van der Waals surface area contributed by atoms with Crippen molar-refractivity contribution in [2.45, 2.75) is 51.6 Å². The maximum absolute atomic E-state index is 6.23. The first-order valence-corrected chi connectivity index (χ1v) is 5.42. The van der Waals surface area contributed by atoms with Gasteiger partial charge in [0.05, 0.1) is 0 Å². The molecule has 0 aliphatic carbocycles. The molecule has 0 spiro atoms. The van der Waals surface area contributed by atoms with E-state index in [-0.39, 0.29) is 11.6 Å². The molecule has 0 heterocycles. The first-order valence-electron chi connectivity index (χ1n) is 5.42. The number of allylic oxidation sites excluding steroid dienone is 1. The van der Waals surface area contributed by atoms with Crippen LogP contribution in [-0.2, 0) is 0 Å². The van der Waals surface area contributed by atoms with Gasteiger partial charge in [-0.25, -0.2) is 0 Å². The third-order valence-corrected chi connectivity index (χ3v) is 3.42. The fraction of sp³-hybridized carbons (Fsp3) is 0.833. The zero-order valence-electron chi connectivity index (χ0n) is 10.4. The van der Waals surface area contributed by atoms with Crippen LogP contribution in [-0.4, -0.2) is 30.6 Å². The van der Waals surface area contributed by atoms with Gasteiger partial charge in [0, 0.05) is 11.6 Å². The third kappa shape index (κ3) is 3.43. The van der Waals surface area contributed by atoms with Gasteiger partial charge in [-0.1, -0.05) is 12.5 Å². The number of hydrogen-bond donors (Lipinski definition) is 1. The van der Waals surface area contributed by atoms with Gasteiger partial charge >= 0.3 is 0 Å². The molecule has 0 rings (SSSR count). The molecule has 14 heavy (non-hydrogen) atoms. The largest absolute Gasteiger partial charge is 0.326 e. The SMILES string of the molecule is C=C(C)CCC(N)C(C)(CC)N(C)C. The van der Waals surface area contributed by atoms with E-state index in [1.165, 1.54) is 5.57 Å². The molecule has 0 bridgehead atoms. The van der Waals surface area contributed by atoms with E-state index < -0.39 is 0 Å². The van der Waals surface area contributed by atoms with Crippen molar-refractivity contribution in [2.75, 3.05) is 14.1 Å². The summed E-state index contributed by atoms with van der Waals surface area (Å²) < 4.78 is 0. The van der Waals surface area contributed by atoms with Crippen molar-refractivity contribution in [3.63, 3.8) is 0 Å². The Morgan fingerprint density at radius 1 is 1.50 bits per heavy atom. The van der Waals surface area contributed by atoms with Crippen LogP contribution in [0.3, 0.4) is 0 Å². The van der Waals surface area contributed by atoms with Crippen LogP contribution in [0.1, 0.15) is 40.0 Å². The summed E-state index contributed by atoms with van der Waals surface area (Å²) >= 11 is 0. The Kier molecular flexibility index (Phi) is 5.38. The number of rotatable bonds is 6. The second-order valence-corrected chi connectivity index (χ2v) is 4.71. The van der Waals surface area contributed by atoms with Crippen LogP contribution in [0.25, 0.3) is 0 Å². The predicted octanol–water partition coefficient (Wildman–Crippen LogP) is 2.40. The van der Waals surface area contributed by atoms with Crippen molar-refractivity contribution in [3.05, 3.63) is 12.2 Å². The van der Waals surface area contributed by atoms with E-state index in [1.807, 2.05) is 0 Å². The molecule has 0 fully saturated rings. The number of likely N-dealkylation sites (N-methyl/N-ethyl adjacent to an activating group) is 1. The average molecular weight is 198 g/mol. The Hall–Kier alpha value is -0.340. The topological polar surface area (TPSA) is 29.3 Å². The molecule has 0 aliphatic rings. The van der Waals surface area contributed by atoms with Crippen LogP contribution in [0, 0.1) is 0 Å². The van der Waals surface area contributed by atoms with Gasteiger partial charge in [-0.2, -0.15) is 0 Å². The van der Waals surface area contributed by atoms with E-state index in [9.17, 15) is 0 Å². The summed E-state index contributed by atoms with van der Waals surface area (Å²) in [7, 11) is 4.20. The second-order valence-electron chi connectivity index (χ2n) is 4.71. The van der Waals surface area contributed by atoms with E-state index in [0.29, 0.717) is 0 Å². The highest BCUT2D eigenvalue weighted by Gasteiger charge is 2.31. The summed E-state index contributed by atoms with van der Waals surface area (Å²) in [6.45, 7) is 10.4. The van der Waals surface area contributed by atoms with Gasteiger partial charge in [-0.3, -0.25) is 0 Å². The lowest BCUT2D eigenvalue weighted by atomic mass is 9.85. The van der Waals surface area contributed by atoms with Crippen molar-refractivity contribution in [1.29, 1.82) is 0 Å². The van der Waals surface area contributed by atoms with E-state index >= 15 is 0 Å². The van der Waals surface area contributed by atoms with E-state index in [4.69, 9.17) is 5.73 Å². The van der Waals surface area contributed by atoms with Gasteiger partial charge in [0.15, 0.2) is 0 Å². The Morgan fingerprint density at radius 2 is 2.00 bits per heavy atom. The molecule has 0 radical (unpaired) electrons. The Bertz CT molecular complexity index is 187. The Balaban J connectivity index is 4.30. The van der Waals surface area contributed by atoms with Crippen LogP contribution in [0.5, 0.6) is 0 Å². The minimum absolute atomic E-state index is 0.107. The lowest BCUT2D eigenvalue weighted by Gasteiger charge is -2.41. The molecule has 84 valence electrons. The third-order valence-electron chi connectivity index (χ3n) is 3.42. The second kappa shape index (κ2) is 5.52. The molecular formula is C12H26N2. The maximum atomic E-state index is 6.23. The molecule has 0 aliphatic heterocycles. The smallest absolute Gasteiger partial charge is 0.0323 e. The average Bonchev–Trinajstić information content (AvgIpc) is 2.12. The van der Waals surface area contributed by atoms with Crippen molar-refractivity contribution < 1.29 is 0 Å². The molecule has 2 N–H and O–H groups in total. The first-order chi connectivity index (χ1) is 6.34. The molecule has 2 heteroatoms. The highest BCUT2D eigenvalue weighted by atomic mass is 15.2. The molecule has 0 saturated carbocycles. The van der Waals surface area contributed by atoms with Crippen LogP contribution in [0.2, 0.25) is 0 Å². The fourth-order valence-corrected chi connectivity index (χ4v) is 1.62. The van der Waals surface area contributed by atoms with Crippen LogP contribution in [0.4, 0.5) is 0 Å². The Labute approximate surface area is 89.2 Å². The monoisotopic (exact) mass is 198 g/mol. The minimum atomic E-state index is 0.107. The summed E-state index contributed by atoms with van der Waals surface area (Å²) in [4.78, 5) is 2.23. The molecular weight excluding hydrogens is 172 g/mol. The fourth-order valence-electron chi connectivity index (χ4n) is 1.62. The zero-order valence-corrected chi connectivity index (χ0v) is 10.4. The van der Waals surface area contributed by atoms with Gasteiger partial charge in [0.2, 0.25) is 0 Å². The van der Waals surface area contributed by atoms with Crippen molar-refractivity contribution in [3.8, 4) is 0 Å². The number of hydrogen-bond acceptors (Lipinski definition) is 2. The maximum Gasteiger partial charge on any atom is 0.0323 e. The predicted molar refractivity (Wildman–Crippen MR) is 64.4 cm³/mol. The zero-order chi connectivity index (χ0) is 11.4. The Morgan fingerprint density at radius 3 is 2.29 bits per heavy atom. The molecule has 0 amide bonds. The van der Waals surface area contributed by atoms with E-state index in [0.717, 1.165) is 19.3 Å². The van der Waals surface area contributed by atoms with Gasteiger partial charge < -0.3 is 10.6 Å². The summed E-state index contributed by atoms with van der Waals surface area (Å²) in [5.41, 5.74) is 7.56. The van der Waals surface area contributed by atoms with Crippen LogP contribution < -0.4 is 5.73 Å². The summed E-state index contributed by atoms with van der Waals surface area (Å²) in [5.74, 6) is 0. The molecule has 0 aromatic rings. The molecule has 0 saturated heterocycles. The van der Waals surface area contributed by atoms with Gasteiger partial charge in [-0.15, -0.1) is 6.58 Å². The van der Waals surface area contributed by atoms with Gasteiger partial charge in [0.1, 0.15) is 0 Å². The number of nitrogens with zero attached hydrogens (tertiary/aromatic N) is 1. The van der Waals surface area contributed by atoms with Crippen LogP contribution in [0.15, 0.2) is 12.2 Å². The summed E-state index contributed by atoms with van der Waals surface area (Å²) in [5, 5.41) is 0. The van der Waals surface area contributed by atoms with Gasteiger partial charge in [-0.05, 0) is 47.2 Å². The van der Waals surface area contributed by atoms with Gasteiger partial charge in [0.25, 0.3) is 0 Å². The highest BCUT2D eigenvalue weighted by molar-refractivity contribution is 4.96. The molecule has 2 unspecified atom stereocenters. The minimum Gasteiger partial charge on any atom is -0.326 e. The summed E-state index contributed by atoms with van der Waals surface area (Å²) in [6.07, 6.45) is 3.14. The standard InChI is InChI=1S/C12H26N2/c1-7-12(4,14(5)6)11(13)9-8-10(2)3/h11H,2,7-9,13H2,1,3-6H3. The quantitative estimate of drug-likeness (QED) is 0.664. The van der Waals surface area contributed by atoms with Crippen molar-refractivity contribution in [1.82, 2.24) is 4.90 Å². The molecule has 2 atom stereocenters. The molecule has 0 aromatic heterocycles. The lowest BCUT2D eigenvalue weighted by Crippen LogP contribution is -2.54. The van der Waals surface area contributed by atoms with Crippen LogP contribution >= 0.6 is 0 Å².